The van der Waals surface area contributed by atoms with Crippen LogP contribution >= 0.6 is 0 Å². The summed E-state index contributed by atoms with van der Waals surface area (Å²) in [7, 11) is 0. The summed E-state index contributed by atoms with van der Waals surface area (Å²) in [6.45, 7) is 5.25. The minimum atomic E-state index is 0.414. The molecule has 3 rings (SSSR count). The van der Waals surface area contributed by atoms with Gasteiger partial charge in [-0.05, 0) is 12.5 Å². The first-order chi connectivity index (χ1) is 9.38. The van der Waals surface area contributed by atoms with Gasteiger partial charge in [0.15, 0.2) is 5.71 Å². The number of hydrogen-bond acceptors (Lipinski definition) is 1. The van der Waals surface area contributed by atoms with Gasteiger partial charge in [0.05, 0.1) is 12.5 Å². The molecule has 0 bridgehead atoms. The molecule has 0 spiro atoms. The second-order valence-corrected chi connectivity index (χ2v) is 5.33. The van der Waals surface area contributed by atoms with E-state index in [4.69, 9.17) is 4.74 Å². The van der Waals surface area contributed by atoms with Gasteiger partial charge in [0.1, 0.15) is 18.8 Å². The highest BCUT2D eigenvalue weighted by Crippen LogP contribution is 2.34. The summed E-state index contributed by atoms with van der Waals surface area (Å²) in [6.07, 6.45) is 6.04. The molecule has 2 heteroatoms. The summed E-state index contributed by atoms with van der Waals surface area (Å²) in [4.78, 5) is 0. The fourth-order valence-corrected chi connectivity index (χ4v) is 3.13. The molecule has 1 atom stereocenters. The van der Waals surface area contributed by atoms with Crippen LogP contribution in [0.25, 0.3) is 0 Å². The van der Waals surface area contributed by atoms with Crippen molar-refractivity contribution in [1.29, 1.82) is 0 Å². The fourth-order valence-electron chi connectivity index (χ4n) is 3.13. The van der Waals surface area contributed by atoms with Gasteiger partial charge in [-0.25, -0.2) is 4.58 Å². The highest BCUT2D eigenvalue weighted by Gasteiger charge is 2.32. The van der Waals surface area contributed by atoms with E-state index in [1.807, 2.05) is 0 Å². The molecule has 1 aromatic rings. The topological polar surface area (TPSA) is 12.2 Å². The summed E-state index contributed by atoms with van der Waals surface area (Å²) >= 11 is 0. The quantitative estimate of drug-likeness (QED) is 0.755. The van der Waals surface area contributed by atoms with Crippen LogP contribution in [-0.2, 0) is 4.74 Å². The Bertz CT molecular complexity index is 493. The molecule has 19 heavy (non-hydrogen) atoms. The monoisotopic (exact) mass is 256 g/mol. The molecule has 1 aliphatic heterocycles. The maximum absolute atomic E-state index is 5.87. The largest absolute Gasteiger partial charge is 0.497 e. The second kappa shape index (κ2) is 5.60. The fraction of sp³-hybridized carbons (Fsp3) is 0.471. The lowest BCUT2D eigenvalue weighted by Crippen LogP contribution is -2.15. The zero-order valence-corrected chi connectivity index (χ0v) is 11.6. The molecular weight excluding hydrogens is 234 g/mol. The predicted octanol–water partition coefficient (Wildman–Crippen LogP) is 3.34. The van der Waals surface area contributed by atoms with Gasteiger partial charge < -0.3 is 4.74 Å². The van der Waals surface area contributed by atoms with Gasteiger partial charge in [-0.2, -0.15) is 0 Å². The summed E-state index contributed by atoms with van der Waals surface area (Å²) < 4.78 is 8.40. The highest BCUT2D eigenvalue weighted by molar-refractivity contribution is 5.95. The van der Waals surface area contributed by atoms with E-state index in [2.05, 4.69) is 47.9 Å². The van der Waals surface area contributed by atoms with Crippen LogP contribution in [0.2, 0.25) is 0 Å². The summed E-state index contributed by atoms with van der Waals surface area (Å²) in [5, 5.41) is 0. The van der Waals surface area contributed by atoms with E-state index in [1.165, 1.54) is 37.2 Å². The maximum atomic E-state index is 5.87. The van der Waals surface area contributed by atoms with Crippen LogP contribution < -0.4 is 0 Å². The molecule has 100 valence electrons. The van der Waals surface area contributed by atoms with Gasteiger partial charge in [0, 0.05) is 25.3 Å². The molecule has 0 radical (unpaired) electrons. The van der Waals surface area contributed by atoms with Gasteiger partial charge in [-0.15, -0.1) is 0 Å². The lowest BCUT2D eigenvalue weighted by atomic mass is 9.97. The summed E-state index contributed by atoms with van der Waals surface area (Å²) in [6, 6.07) is 10.7. The minimum Gasteiger partial charge on any atom is -0.497 e. The Morgan fingerprint density at radius 1 is 1.16 bits per heavy atom. The summed E-state index contributed by atoms with van der Waals surface area (Å²) in [5.74, 6) is 1.56. The van der Waals surface area contributed by atoms with Crippen LogP contribution in [0.4, 0.5) is 0 Å². The van der Waals surface area contributed by atoms with E-state index in [1.54, 1.807) is 0 Å². The van der Waals surface area contributed by atoms with Crippen molar-refractivity contribution in [1.82, 2.24) is 0 Å². The first kappa shape index (κ1) is 12.5. The number of benzene rings is 1. The first-order valence-corrected chi connectivity index (χ1v) is 7.38. The Hall–Kier alpha value is -1.57. The third-order valence-corrected chi connectivity index (χ3v) is 4.09. The van der Waals surface area contributed by atoms with E-state index < -0.39 is 0 Å². The van der Waals surface area contributed by atoms with Crippen molar-refractivity contribution in [3.8, 4) is 0 Å². The zero-order valence-electron chi connectivity index (χ0n) is 11.6. The predicted molar refractivity (Wildman–Crippen MR) is 77.7 cm³/mol. The third kappa shape index (κ3) is 2.58. The molecule has 1 unspecified atom stereocenters. The van der Waals surface area contributed by atoms with Crippen LogP contribution in [0.3, 0.4) is 0 Å². The highest BCUT2D eigenvalue weighted by atomic mass is 16.5. The summed E-state index contributed by atoms with van der Waals surface area (Å²) in [5.41, 5.74) is 2.84. The normalized spacial score (nSPS) is 22.8. The first-order valence-electron chi connectivity index (χ1n) is 7.38. The Kier molecular flexibility index (Phi) is 3.67. The van der Waals surface area contributed by atoms with E-state index in [0.29, 0.717) is 5.92 Å². The molecule has 2 nitrogen and oxygen atoms in total. The van der Waals surface area contributed by atoms with Crippen LogP contribution in [0, 0.1) is 0 Å². The molecule has 0 saturated carbocycles. The smallest absolute Gasteiger partial charge is 0.180 e. The Balaban J connectivity index is 1.89. The molecule has 1 heterocycles. The van der Waals surface area contributed by atoms with Gasteiger partial charge >= 0.3 is 0 Å². The van der Waals surface area contributed by atoms with Gasteiger partial charge in [0.2, 0.25) is 0 Å². The third-order valence-electron chi connectivity index (χ3n) is 4.09. The van der Waals surface area contributed by atoms with Crippen LogP contribution in [0.5, 0.6) is 0 Å². The standard InChI is InChI=1S/C17H22NO/c1-2-19-17-13-15(18-10-6-7-11-18)12-16(17)14-8-4-3-5-9-14/h3-5,8-9,13,16H,2,6-7,10-12H2,1H3/q+1. The molecule has 0 aromatic heterocycles. The Labute approximate surface area is 115 Å². The van der Waals surface area contributed by atoms with Crippen molar-refractivity contribution >= 4 is 5.71 Å². The van der Waals surface area contributed by atoms with Crippen LogP contribution in [0.15, 0.2) is 42.2 Å². The lowest BCUT2D eigenvalue weighted by Gasteiger charge is -2.14. The number of ether oxygens (including phenoxy) is 1. The van der Waals surface area contributed by atoms with E-state index in [0.717, 1.165) is 18.8 Å². The van der Waals surface area contributed by atoms with Crippen molar-refractivity contribution in [3.05, 3.63) is 47.7 Å². The van der Waals surface area contributed by atoms with Crippen molar-refractivity contribution in [2.24, 2.45) is 0 Å². The average molecular weight is 256 g/mol. The molecular formula is C17H22NO+. The van der Waals surface area contributed by atoms with Crippen LogP contribution in [-0.4, -0.2) is 30.0 Å². The van der Waals surface area contributed by atoms with Gasteiger partial charge in [0.25, 0.3) is 0 Å². The lowest BCUT2D eigenvalue weighted by molar-refractivity contribution is -0.506. The molecule has 0 N–H and O–H groups in total. The minimum absolute atomic E-state index is 0.414. The molecule has 1 saturated heterocycles. The molecule has 1 aromatic carbocycles. The van der Waals surface area contributed by atoms with E-state index in [-0.39, 0.29) is 0 Å². The van der Waals surface area contributed by atoms with Crippen LogP contribution in [0.1, 0.15) is 37.7 Å². The van der Waals surface area contributed by atoms with Crippen molar-refractivity contribution in [2.75, 3.05) is 19.7 Å². The van der Waals surface area contributed by atoms with E-state index >= 15 is 0 Å². The van der Waals surface area contributed by atoms with Gasteiger partial charge in [-0.1, -0.05) is 30.3 Å². The number of nitrogens with zero attached hydrogens (tertiary/aromatic N) is 1. The molecule has 0 amide bonds. The molecule has 2 aliphatic rings. The van der Waals surface area contributed by atoms with E-state index in [9.17, 15) is 0 Å². The van der Waals surface area contributed by atoms with Crippen molar-refractivity contribution in [2.45, 2.75) is 32.1 Å². The second-order valence-electron chi connectivity index (χ2n) is 5.33. The van der Waals surface area contributed by atoms with Gasteiger partial charge in [-0.3, -0.25) is 0 Å². The molecule has 1 aliphatic carbocycles. The zero-order chi connectivity index (χ0) is 13.1. The number of allylic oxidation sites excluding steroid dienone is 2. The van der Waals surface area contributed by atoms with Crippen molar-refractivity contribution in [3.63, 3.8) is 0 Å². The number of rotatable bonds is 3. The average Bonchev–Trinajstić information content (AvgIpc) is 3.08. The molecule has 1 fully saturated rings. The van der Waals surface area contributed by atoms with Crippen molar-refractivity contribution < 1.29 is 9.31 Å². The Morgan fingerprint density at radius 3 is 2.58 bits per heavy atom. The SMILES string of the molecule is CCOC1=CC(=[N+]2CCCC2)CC1c1ccccc1. The maximum Gasteiger partial charge on any atom is 0.180 e. The Morgan fingerprint density at radius 2 is 1.89 bits per heavy atom. The number of hydrogen-bond donors (Lipinski definition) is 0.